The van der Waals surface area contributed by atoms with Crippen molar-refractivity contribution in [2.45, 2.75) is 25.9 Å². The van der Waals surface area contributed by atoms with Crippen LogP contribution in [-0.4, -0.2) is 47.9 Å². The predicted molar refractivity (Wildman–Crippen MR) is 130 cm³/mol. The second-order valence-electron chi connectivity index (χ2n) is 7.36. The number of sulfonamides is 1. The molecule has 0 aliphatic heterocycles. The van der Waals surface area contributed by atoms with Crippen LogP contribution in [0.3, 0.4) is 0 Å². The van der Waals surface area contributed by atoms with Gasteiger partial charge in [0.1, 0.15) is 11.9 Å². The lowest BCUT2D eigenvalue weighted by Crippen LogP contribution is -2.47. The molecule has 10 heteroatoms. The van der Waals surface area contributed by atoms with E-state index in [2.05, 4.69) is 15.1 Å². The fraction of sp³-hybridized carbons (Fsp3) is 0.304. The van der Waals surface area contributed by atoms with Gasteiger partial charge in [0.2, 0.25) is 15.9 Å². The molecule has 1 aromatic heterocycles. The number of nitrogens with one attached hydrogen (secondary N) is 2. The number of rotatable bonds is 11. The highest BCUT2D eigenvalue weighted by atomic mass is 32.2. The van der Waals surface area contributed by atoms with E-state index in [0.717, 1.165) is 11.3 Å². The first-order valence-electron chi connectivity index (χ1n) is 10.5. The number of aromatic nitrogens is 2. The maximum Gasteiger partial charge on any atom is 0.238 e. The van der Waals surface area contributed by atoms with Crippen molar-refractivity contribution in [3.8, 4) is 16.9 Å². The molecule has 0 spiro atoms. The highest BCUT2D eigenvalue weighted by molar-refractivity contribution is 7.98. The molecular formula is C23H27FN4O3S2. The van der Waals surface area contributed by atoms with Crippen molar-refractivity contribution in [3.05, 3.63) is 72.2 Å². The molecule has 0 saturated carbocycles. The number of benzene rings is 2. The van der Waals surface area contributed by atoms with E-state index < -0.39 is 22.0 Å². The van der Waals surface area contributed by atoms with Gasteiger partial charge in [-0.05, 0) is 61.8 Å². The van der Waals surface area contributed by atoms with Crippen LogP contribution in [0, 0.1) is 5.82 Å². The summed E-state index contributed by atoms with van der Waals surface area (Å²) in [6, 6.07) is 14.6. The minimum absolute atomic E-state index is 0.103. The number of carbonyl (C=O) groups excluding carboxylic acids is 1. The molecule has 0 aliphatic carbocycles. The molecule has 0 radical (unpaired) electrons. The fourth-order valence-electron chi connectivity index (χ4n) is 3.19. The molecule has 2 N–H and O–H groups in total. The first-order chi connectivity index (χ1) is 15.8. The maximum absolute atomic E-state index is 13.4. The van der Waals surface area contributed by atoms with E-state index in [9.17, 15) is 17.6 Å². The van der Waals surface area contributed by atoms with Crippen LogP contribution in [0.1, 0.15) is 18.9 Å². The number of para-hydroxylation sites is 1. The van der Waals surface area contributed by atoms with Gasteiger partial charge in [-0.15, -0.1) is 0 Å². The fourth-order valence-corrected chi connectivity index (χ4v) is 4.48. The average molecular weight is 491 g/mol. The van der Waals surface area contributed by atoms with Gasteiger partial charge < -0.3 is 5.32 Å². The Labute approximate surface area is 197 Å². The van der Waals surface area contributed by atoms with E-state index >= 15 is 0 Å². The Hall–Kier alpha value is -2.69. The lowest BCUT2D eigenvalue weighted by molar-refractivity contribution is -0.122. The van der Waals surface area contributed by atoms with Crippen LogP contribution in [0.4, 0.5) is 4.39 Å². The molecule has 3 aromatic rings. The van der Waals surface area contributed by atoms with Crippen LogP contribution in [0.15, 0.2) is 60.8 Å². The number of carbonyl (C=O) groups is 1. The Kier molecular flexibility index (Phi) is 8.65. The minimum Gasteiger partial charge on any atom is -0.350 e. The van der Waals surface area contributed by atoms with E-state index in [-0.39, 0.29) is 18.1 Å². The summed E-state index contributed by atoms with van der Waals surface area (Å²) in [5.74, 6) is -0.222. The SMILES string of the molecule is CCS(=O)(=O)NC(CCSC)C(=O)NCc1cn(-c2ccccc2)nc1-c1ccc(F)cc1. The summed E-state index contributed by atoms with van der Waals surface area (Å²) in [7, 11) is -3.54. The third-order valence-electron chi connectivity index (χ3n) is 5.01. The standard InChI is InChI=1S/C23H27FN4O3S2/c1-3-33(30,31)27-21(13-14-32-2)23(29)25-15-18-16-28(20-7-5-4-6-8-20)26-22(18)17-9-11-19(24)12-10-17/h4-12,16,21,27H,3,13-15H2,1-2H3,(H,25,29). The largest absolute Gasteiger partial charge is 0.350 e. The number of hydrogen-bond donors (Lipinski definition) is 2. The molecule has 33 heavy (non-hydrogen) atoms. The molecule has 0 fully saturated rings. The summed E-state index contributed by atoms with van der Waals surface area (Å²) >= 11 is 1.54. The van der Waals surface area contributed by atoms with Gasteiger partial charge in [-0.25, -0.2) is 22.2 Å². The topological polar surface area (TPSA) is 93.1 Å². The van der Waals surface area contributed by atoms with Crippen LogP contribution in [0.5, 0.6) is 0 Å². The summed E-state index contributed by atoms with van der Waals surface area (Å²) in [6.07, 6.45) is 4.08. The monoisotopic (exact) mass is 490 g/mol. The molecule has 1 unspecified atom stereocenters. The van der Waals surface area contributed by atoms with Gasteiger partial charge in [-0.1, -0.05) is 18.2 Å². The van der Waals surface area contributed by atoms with Crippen LogP contribution in [0.25, 0.3) is 16.9 Å². The van der Waals surface area contributed by atoms with E-state index in [1.54, 1.807) is 23.0 Å². The number of amides is 1. The molecule has 1 amide bonds. The zero-order valence-electron chi connectivity index (χ0n) is 18.5. The minimum atomic E-state index is -3.54. The first kappa shape index (κ1) is 24.9. The number of halogens is 1. The van der Waals surface area contributed by atoms with Crippen LogP contribution in [0.2, 0.25) is 0 Å². The van der Waals surface area contributed by atoms with Crippen molar-refractivity contribution >= 4 is 27.7 Å². The second kappa shape index (κ2) is 11.4. The zero-order chi connectivity index (χ0) is 23.8. The number of hydrogen-bond acceptors (Lipinski definition) is 5. The van der Waals surface area contributed by atoms with Gasteiger partial charge in [0.15, 0.2) is 0 Å². The van der Waals surface area contributed by atoms with Gasteiger partial charge in [0.25, 0.3) is 0 Å². The average Bonchev–Trinajstić information content (AvgIpc) is 3.25. The Morgan fingerprint density at radius 2 is 1.85 bits per heavy atom. The maximum atomic E-state index is 13.4. The van der Waals surface area contributed by atoms with Crippen molar-refractivity contribution in [1.82, 2.24) is 19.8 Å². The van der Waals surface area contributed by atoms with E-state index in [0.29, 0.717) is 23.4 Å². The number of nitrogens with zero attached hydrogens (tertiary/aromatic N) is 2. The van der Waals surface area contributed by atoms with E-state index in [1.807, 2.05) is 36.6 Å². The van der Waals surface area contributed by atoms with Gasteiger partial charge in [0, 0.05) is 23.9 Å². The van der Waals surface area contributed by atoms with Crippen LogP contribution >= 0.6 is 11.8 Å². The van der Waals surface area contributed by atoms with E-state index in [4.69, 9.17) is 0 Å². The van der Waals surface area contributed by atoms with Crippen molar-refractivity contribution in [3.63, 3.8) is 0 Å². The number of thioether (sulfide) groups is 1. The molecule has 2 aromatic carbocycles. The Balaban J connectivity index is 1.85. The Bertz CT molecular complexity index is 1170. The molecule has 7 nitrogen and oxygen atoms in total. The first-order valence-corrected chi connectivity index (χ1v) is 13.5. The third kappa shape index (κ3) is 6.89. The molecule has 0 saturated heterocycles. The molecular weight excluding hydrogens is 463 g/mol. The Morgan fingerprint density at radius 3 is 2.48 bits per heavy atom. The summed E-state index contributed by atoms with van der Waals surface area (Å²) < 4.78 is 41.7. The third-order valence-corrected chi connectivity index (χ3v) is 7.06. The van der Waals surface area contributed by atoms with Crippen molar-refractivity contribution < 1.29 is 17.6 Å². The van der Waals surface area contributed by atoms with Gasteiger partial charge in [0.05, 0.1) is 17.1 Å². The lowest BCUT2D eigenvalue weighted by Gasteiger charge is -2.17. The summed E-state index contributed by atoms with van der Waals surface area (Å²) in [5.41, 5.74) is 2.88. The highest BCUT2D eigenvalue weighted by Crippen LogP contribution is 2.24. The summed E-state index contributed by atoms with van der Waals surface area (Å²) in [6.45, 7) is 1.67. The van der Waals surface area contributed by atoms with Crippen molar-refractivity contribution in [2.24, 2.45) is 0 Å². The predicted octanol–water partition coefficient (Wildman–Crippen LogP) is 3.36. The highest BCUT2D eigenvalue weighted by Gasteiger charge is 2.23. The molecule has 0 bridgehead atoms. The zero-order valence-corrected chi connectivity index (χ0v) is 20.1. The second-order valence-corrected chi connectivity index (χ2v) is 10.4. The molecule has 1 atom stereocenters. The van der Waals surface area contributed by atoms with Gasteiger partial charge >= 0.3 is 0 Å². The normalized spacial score (nSPS) is 12.5. The molecule has 0 aliphatic rings. The summed E-state index contributed by atoms with van der Waals surface area (Å²) in [5, 5.41) is 7.49. The van der Waals surface area contributed by atoms with Crippen LogP contribution < -0.4 is 10.0 Å². The molecule has 176 valence electrons. The summed E-state index contributed by atoms with van der Waals surface area (Å²) in [4.78, 5) is 12.9. The molecule has 3 rings (SSSR count). The van der Waals surface area contributed by atoms with Gasteiger partial charge in [-0.2, -0.15) is 16.9 Å². The van der Waals surface area contributed by atoms with Gasteiger partial charge in [-0.3, -0.25) is 4.79 Å². The smallest absolute Gasteiger partial charge is 0.238 e. The van der Waals surface area contributed by atoms with Crippen LogP contribution in [-0.2, 0) is 21.4 Å². The quantitative estimate of drug-likeness (QED) is 0.430. The van der Waals surface area contributed by atoms with Crippen molar-refractivity contribution in [2.75, 3.05) is 17.8 Å². The van der Waals surface area contributed by atoms with E-state index in [1.165, 1.54) is 30.8 Å². The molecule has 1 heterocycles. The Morgan fingerprint density at radius 1 is 1.15 bits per heavy atom. The van der Waals surface area contributed by atoms with Crippen molar-refractivity contribution in [1.29, 1.82) is 0 Å². The lowest BCUT2D eigenvalue weighted by atomic mass is 10.1.